The lowest BCUT2D eigenvalue weighted by molar-refractivity contribution is -0.116. The topological polar surface area (TPSA) is 58.4 Å². The molecule has 3 N–H and O–H groups in total. The Morgan fingerprint density at radius 2 is 1.93 bits per heavy atom. The average Bonchev–Trinajstić information content (AvgIpc) is 2.26. The fraction of sp³-hybridized carbons (Fsp3) is 0.364. The number of nitrogens with zero attached hydrogens (tertiary/aromatic N) is 1. The van der Waals surface area contributed by atoms with Crippen molar-refractivity contribution in [3.8, 4) is 0 Å². The summed E-state index contributed by atoms with van der Waals surface area (Å²) < 4.78 is 0. The molecule has 15 heavy (non-hydrogen) atoms. The fourth-order valence-corrected chi connectivity index (χ4v) is 1.15. The molecule has 0 fully saturated rings. The number of ketones is 1. The van der Waals surface area contributed by atoms with Gasteiger partial charge in [0.25, 0.3) is 0 Å². The molecule has 0 atom stereocenters. The molecule has 0 aliphatic carbocycles. The molecule has 0 aliphatic heterocycles. The van der Waals surface area contributed by atoms with Crippen molar-refractivity contribution >= 4 is 17.2 Å². The number of benzene rings is 1. The minimum absolute atomic E-state index is 0.00619. The summed E-state index contributed by atoms with van der Waals surface area (Å²) in [5.74, 6) is 0.00619. The Morgan fingerprint density at radius 3 is 2.40 bits per heavy atom. The van der Waals surface area contributed by atoms with Crippen molar-refractivity contribution in [2.24, 2.45) is 5.73 Å². The van der Waals surface area contributed by atoms with E-state index in [9.17, 15) is 4.79 Å². The van der Waals surface area contributed by atoms with Gasteiger partial charge in [0.15, 0.2) is 5.78 Å². The van der Waals surface area contributed by atoms with Crippen LogP contribution in [0.25, 0.3) is 0 Å². The molecule has 4 nitrogen and oxygen atoms in total. The molecule has 0 aromatic heterocycles. The van der Waals surface area contributed by atoms with Gasteiger partial charge in [0, 0.05) is 25.5 Å². The van der Waals surface area contributed by atoms with Crippen molar-refractivity contribution < 1.29 is 4.79 Å². The Morgan fingerprint density at radius 1 is 1.33 bits per heavy atom. The van der Waals surface area contributed by atoms with Crippen LogP contribution in [0, 0.1) is 0 Å². The second-order valence-corrected chi connectivity index (χ2v) is 3.54. The number of hydrogen-bond acceptors (Lipinski definition) is 4. The molecule has 0 aliphatic rings. The molecule has 1 rings (SSSR count). The molecule has 0 amide bonds. The summed E-state index contributed by atoms with van der Waals surface area (Å²) in [4.78, 5) is 13.0. The first-order valence-electron chi connectivity index (χ1n) is 4.86. The van der Waals surface area contributed by atoms with Crippen molar-refractivity contribution in [3.63, 3.8) is 0 Å². The van der Waals surface area contributed by atoms with Gasteiger partial charge in [-0.05, 0) is 24.3 Å². The van der Waals surface area contributed by atoms with Crippen LogP contribution in [0.1, 0.15) is 0 Å². The third-order valence-electron chi connectivity index (χ3n) is 2.10. The zero-order valence-electron chi connectivity index (χ0n) is 9.16. The van der Waals surface area contributed by atoms with Gasteiger partial charge in [0.1, 0.15) is 0 Å². The summed E-state index contributed by atoms with van der Waals surface area (Å²) in [6.07, 6.45) is 0. The lowest BCUT2D eigenvalue weighted by Crippen LogP contribution is -2.22. The van der Waals surface area contributed by atoms with E-state index >= 15 is 0 Å². The molecular weight excluding hydrogens is 190 g/mol. The Labute approximate surface area is 90.1 Å². The highest BCUT2D eigenvalue weighted by Gasteiger charge is 1.99. The van der Waals surface area contributed by atoms with E-state index in [1.54, 1.807) is 0 Å². The molecule has 1 aromatic rings. The van der Waals surface area contributed by atoms with E-state index in [1.165, 1.54) is 0 Å². The molecule has 82 valence electrons. The lowest BCUT2D eigenvalue weighted by atomic mass is 10.2. The predicted molar refractivity (Wildman–Crippen MR) is 63.3 cm³/mol. The van der Waals surface area contributed by atoms with Gasteiger partial charge in [0.2, 0.25) is 0 Å². The first-order valence-corrected chi connectivity index (χ1v) is 4.86. The highest BCUT2D eigenvalue weighted by atomic mass is 16.1. The number of hydrogen-bond donors (Lipinski definition) is 2. The van der Waals surface area contributed by atoms with Crippen molar-refractivity contribution in [2.45, 2.75) is 0 Å². The first-order chi connectivity index (χ1) is 7.13. The summed E-state index contributed by atoms with van der Waals surface area (Å²) in [6, 6.07) is 7.88. The Bertz CT molecular complexity index is 319. The van der Waals surface area contributed by atoms with Crippen molar-refractivity contribution in [1.29, 1.82) is 0 Å². The van der Waals surface area contributed by atoms with Gasteiger partial charge >= 0.3 is 0 Å². The van der Waals surface area contributed by atoms with Crippen LogP contribution in [-0.4, -0.2) is 33.0 Å². The Hall–Kier alpha value is -1.55. The minimum Gasteiger partial charge on any atom is -0.378 e. The predicted octanol–water partition coefficient (Wildman–Crippen LogP) is 0.692. The van der Waals surface area contributed by atoms with E-state index in [0.29, 0.717) is 0 Å². The third-order valence-corrected chi connectivity index (χ3v) is 2.10. The number of carbonyl (C=O) groups is 1. The van der Waals surface area contributed by atoms with Crippen LogP contribution >= 0.6 is 0 Å². The van der Waals surface area contributed by atoms with Crippen molar-refractivity contribution in [2.75, 3.05) is 37.4 Å². The van der Waals surface area contributed by atoms with Gasteiger partial charge in [-0.3, -0.25) is 4.79 Å². The molecule has 0 saturated carbocycles. The molecule has 0 heterocycles. The number of nitrogens with two attached hydrogens (primary N) is 1. The van der Waals surface area contributed by atoms with Crippen LogP contribution in [0.2, 0.25) is 0 Å². The highest BCUT2D eigenvalue weighted by Crippen LogP contribution is 2.15. The maximum Gasteiger partial charge on any atom is 0.165 e. The van der Waals surface area contributed by atoms with Crippen LogP contribution < -0.4 is 16.0 Å². The summed E-state index contributed by atoms with van der Waals surface area (Å²) >= 11 is 0. The quantitative estimate of drug-likeness (QED) is 0.746. The third kappa shape index (κ3) is 3.59. The summed E-state index contributed by atoms with van der Waals surface area (Å²) in [6.45, 7) is 0.376. The van der Waals surface area contributed by atoms with Gasteiger partial charge in [-0.25, -0.2) is 0 Å². The highest BCUT2D eigenvalue weighted by molar-refractivity contribution is 5.84. The molecule has 0 saturated heterocycles. The summed E-state index contributed by atoms with van der Waals surface area (Å²) in [7, 11) is 3.97. The number of anilines is 2. The maximum absolute atomic E-state index is 11.0. The lowest BCUT2D eigenvalue weighted by Gasteiger charge is -2.13. The van der Waals surface area contributed by atoms with Crippen LogP contribution in [0.3, 0.4) is 0 Å². The number of carbonyl (C=O) groups excluding carboxylic acids is 1. The van der Waals surface area contributed by atoms with E-state index in [4.69, 9.17) is 5.73 Å². The first kappa shape index (κ1) is 11.5. The van der Waals surface area contributed by atoms with Crippen LogP contribution in [0.4, 0.5) is 11.4 Å². The summed E-state index contributed by atoms with van der Waals surface area (Å²) in [5, 5.41) is 3.01. The smallest absolute Gasteiger partial charge is 0.165 e. The number of rotatable bonds is 5. The zero-order valence-corrected chi connectivity index (χ0v) is 9.16. The van der Waals surface area contributed by atoms with Gasteiger partial charge in [0.05, 0.1) is 13.1 Å². The van der Waals surface area contributed by atoms with E-state index in [-0.39, 0.29) is 18.9 Å². The SMILES string of the molecule is CN(C)c1ccc(NCC(=O)CN)cc1. The maximum atomic E-state index is 11.0. The minimum atomic E-state index is 0.00619. The monoisotopic (exact) mass is 207 g/mol. The molecule has 1 aromatic carbocycles. The second-order valence-electron chi connectivity index (χ2n) is 3.54. The Balaban J connectivity index is 2.53. The summed E-state index contributed by atoms with van der Waals surface area (Å²) in [5.41, 5.74) is 7.27. The van der Waals surface area contributed by atoms with Gasteiger partial charge < -0.3 is 16.0 Å². The normalized spacial score (nSPS) is 9.80. The average molecular weight is 207 g/mol. The van der Waals surface area contributed by atoms with Gasteiger partial charge in [-0.2, -0.15) is 0 Å². The van der Waals surface area contributed by atoms with Crippen LogP contribution in [0.15, 0.2) is 24.3 Å². The van der Waals surface area contributed by atoms with Crippen molar-refractivity contribution in [3.05, 3.63) is 24.3 Å². The largest absolute Gasteiger partial charge is 0.378 e. The number of nitrogens with one attached hydrogen (secondary N) is 1. The van der Waals surface area contributed by atoms with Gasteiger partial charge in [-0.15, -0.1) is 0 Å². The molecule has 0 bridgehead atoms. The second kappa shape index (κ2) is 5.36. The van der Waals surface area contributed by atoms with E-state index in [1.807, 2.05) is 43.3 Å². The Kier molecular flexibility index (Phi) is 4.12. The van der Waals surface area contributed by atoms with E-state index < -0.39 is 0 Å². The number of Topliss-reactive ketones (excluding diaryl/α,β-unsaturated/α-hetero) is 1. The zero-order chi connectivity index (χ0) is 11.3. The molecular formula is C11H17N3O. The van der Waals surface area contributed by atoms with E-state index in [2.05, 4.69) is 5.32 Å². The molecule has 0 unspecified atom stereocenters. The van der Waals surface area contributed by atoms with E-state index in [0.717, 1.165) is 11.4 Å². The van der Waals surface area contributed by atoms with Crippen molar-refractivity contribution in [1.82, 2.24) is 0 Å². The molecule has 4 heteroatoms. The molecule has 0 spiro atoms. The fourth-order valence-electron chi connectivity index (χ4n) is 1.15. The van der Waals surface area contributed by atoms with Crippen LogP contribution in [0.5, 0.6) is 0 Å². The van der Waals surface area contributed by atoms with Gasteiger partial charge in [-0.1, -0.05) is 0 Å². The molecule has 0 radical (unpaired) electrons. The van der Waals surface area contributed by atoms with Crippen LogP contribution in [-0.2, 0) is 4.79 Å². The standard InChI is InChI=1S/C11H17N3O/c1-14(2)10-5-3-9(4-6-10)13-8-11(15)7-12/h3-6,13H,7-8,12H2,1-2H3.